The first-order valence-corrected chi connectivity index (χ1v) is 10.7. The number of phenols is 1. The van der Waals surface area contributed by atoms with E-state index in [1.807, 2.05) is 19.1 Å². The van der Waals surface area contributed by atoms with E-state index in [-0.39, 0.29) is 51.0 Å². The Morgan fingerprint density at radius 2 is 1.84 bits per heavy atom. The molecule has 2 aliphatic heterocycles. The summed E-state index contributed by atoms with van der Waals surface area (Å²) < 4.78 is 11.7. The van der Waals surface area contributed by atoms with Crippen molar-refractivity contribution in [3.8, 4) is 17.2 Å². The van der Waals surface area contributed by atoms with Crippen molar-refractivity contribution < 1.29 is 34.1 Å². The number of Topliss-reactive ketones (excluding diaryl/α,β-unsaturated/α-hetero) is 3. The summed E-state index contributed by atoms with van der Waals surface area (Å²) in [5.74, 6) is -2.26. The normalized spacial score (nSPS) is 22.4. The highest BCUT2D eigenvalue weighted by atomic mass is 32.1. The van der Waals surface area contributed by atoms with Crippen LogP contribution in [0.5, 0.6) is 17.2 Å². The SMILES string of the molecule is CC(=O)C1=C(O)C=C2Oc3c4c(c(C)c(O)c3[C@@]2(C)C1=O)O/C(=C\c1ccc(C)s1)C4=O. The Hall–Kier alpha value is -3.65. The van der Waals surface area contributed by atoms with Gasteiger partial charge >= 0.3 is 0 Å². The Bertz CT molecular complexity index is 1390. The number of rotatable bonds is 2. The smallest absolute Gasteiger partial charge is 0.235 e. The molecule has 3 heterocycles. The van der Waals surface area contributed by atoms with Crippen LogP contribution in [0.25, 0.3) is 6.08 Å². The highest BCUT2D eigenvalue weighted by Crippen LogP contribution is 2.59. The molecule has 32 heavy (non-hydrogen) atoms. The van der Waals surface area contributed by atoms with Gasteiger partial charge in [0, 0.05) is 27.5 Å². The van der Waals surface area contributed by atoms with Crippen LogP contribution in [-0.2, 0) is 15.0 Å². The number of hydrogen-bond donors (Lipinski definition) is 2. The molecular formula is C24H18O7S. The van der Waals surface area contributed by atoms with Crippen LogP contribution < -0.4 is 9.47 Å². The minimum absolute atomic E-state index is 0.00133. The van der Waals surface area contributed by atoms with Crippen LogP contribution in [0.1, 0.15) is 45.1 Å². The number of benzene rings is 1. The second-order valence-electron chi connectivity index (χ2n) is 8.15. The Morgan fingerprint density at radius 3 is 2.47 bits per heavy atom. The third kappa shape index (κ3) is 2.44. The maximum absolute atomic E-state index is 13.3. The number of aliphatic hydroxyl groups is 1. The van der Waals surface area contributed by atoms with Crippen LogP contribution in [-0.4, -0.2) is 27.6 Å². The van der Waals surface area contributed by atoms with E-state index in [4.69, 9.17) is 9.47 Å². The molecule has 2 N–H and O–H groups in total. The summed E-state index contributed by atoms with van der Waals surface area (Å²) >= 11 is 1.50. The number of carbonyl (C=O) groups is 3. The monoisotopic (exact) mass is 450 g/mol. The molecular weight excluding hydrogens is 432 g/mol. The van der Waals surface area contributed by atoms with E-state index in [1.165, 1.54) is 31.3 Å². The van der Waals surface area contributed by atoms with E-state index in [0.717, 1.165) is 9.75 Å². The van der Waals surface area contributed by atoms with Crippen molar-refractivity contribution >= 4 is 34.8 Å². The van der Waals surface area contributed by atoms with Gasteiger partial charge in [0.2, 0.25) is 5.78 Å². The number of hydrogen-bond acceptors (Lipinski definition) is 8. The number of thiophene rings is 1. The van der Waals surface area contributed by atoms with Gasteiger partial charge in [-0.15, -0.1) is 11.3 Å². The highest BCUT2D eigenvalue weighted by molar-refractivity contribution is 7.12. The number of fused-ring (bicyclic) bond motifs is 5. The predicted molar refractivity (Wildman–Crippen MR) is 116 cm³/mol. The van der Waals surface area contributed by atoms with Gasteiger partial charge in [0.15, 0.2) is 23.1 Å². The average Bonchev–Trinajstić information content (AvgIpc) is 3.35. The molecule has 5 rings (SSSR count). The number of carbonyl (C=O) groups excluding carboxylic acids is 3. The van der Waals surface area contributed by atoms with Crippen LogP contribution in [0.4, 0.5) is 0 Å². The Labute approximate surface area is 186 Å². The van der Waals surface area contributed by atoms with Crippen molar-refractivity contribution in [2.45, 2.75) is 33.1 Å². The molecule has 0 unspecified atom stereocenters. The van der Waals surface area contributed by atoms with E-state index < -0.39 is 28.5 Å². The Kier molecular flexibility index (Phi) is 4.07. The van der Waals surface area contributed by atoms with E-state index in [9.17, 15) is 24.6 Å². The number of phenolic OH excluding ortho intramolecular Hbond substituents is 1. The third-order valence-corrected chi connectivity index (χ3v) is 7.02. The first-order chi connectivity index (χ1) is 15.1. The molecule has 0 radical (unpaired) electrons. The van der Waals surface area contributed by atoms with Crippen molar-refractivity contribution in [1.82, 2.24) is 0 Å². The summed E-state index contributed by atoms with van der Waals surface area (Å²) in [7, 11) is 0. The van der Waals surface area contributed by atoms with E-state index in [0.29, 0.717) is 0 Å². The molecule has 1 aromatic heterocycles. The van der Waals surface area contributed by atoms with Crippen molar-refractivity contribution in [1.29, 1.82) is 0 Å². The largest absolute Gasteiger partial charge is 0.507 e. The standard InChI is InChI=1S/C24H18O7S/c1-9-5-6-12(32-9)7-14-20(28)17-21(30-14)10(2)19(27)18-22(17)31-15-8-13(26)16(11(3)25)23(29)24(15,18)4/h5-8,26-27H,1-4H3/b14-7-/t24-/m0/s1. The lowest BCUT2D eigenvalue weighted by atomic mass is 9.71. The number of ketones is 3. The second kappa shape index (κ2) is 6.43. The molecule has 0 spiro atoms. The summed E-state index contributed by atoms with van der Waals surface area (Å²) in [6.07, 6.45) is 2.81. The Morgan fingerprint density at radius 1 is 1.12 bits per heavy atom. The summed E-state index contributed by atoms with van der Waals surface area (Å²) in [6.45, 7) is 6.21. The van der Waals surface area contributed by atoms with Gasteiger partial charge in [0.25, 0.3) is 0 Å². The molecule has 0 fully saturated rings. The molecule has 0 bridgehead atoms. The number of allylic oxidation sites excluding steroid dienone is 4. The van der Waals surface area contributed by atoms with Crippen LogP contribution in [0, 0.1) is 13.8 Å². The van der Waals surface area contributed by atoms with Crippen LogP contribution in [0.3, 0.4) is 0 Å². The average molecular weight is 450 g/mol. The van der Waals surface area contributed by atoms with Crippen molar-refractivity contribution in [2.75, 3.05) is 0 Å². The maximum Gasteiger partial charge on any atom is 0.235 e. The molecule has 0 saturated heterocycles. The summed E-state index contributed by atoms with van der Waals surface area (Å²) in [5.41, 5.74) is -1.48. The maximum atomic E-state index is 13.3. The van der Waals surface area contributed by atoms with Gasteiger partial charge in [-0.25, -0.2) is 0 Å². The summed E-state index contributed by atoms with van der Waals surface area (Å²) in [4.78, 5) is 40.5. The fraction of sp³-hybridized carbons (Fsp3) is 0.208. The topological polar surface area (TPSA) is 110 Å². The molecule has 2 aromatic rings. The molecule has 0 saturated carbocycles. The van der Waals surface area contributed by atoms with E-state index in [1.54, 1.807) is 13.0 Å². The van der Waals surface area contributed by atoms with Gasteiger partial charge in [-0.05, 0) is 39.8 Å². The van der Waals surface area contributed by atoms with E-state index >= 15 is 0 Å². The minimum atomic E-state index is -1.57. The highest BCUT2D eigenvalue weighted by Gasteiger charge is 2.56. The summed E-state index contributed by atoms with van der Waals surface area (Å²) in [6, 6.07) is 3.80. The molecule has 1 atom stereocenters. The number of ether oxygens (including phenoxy) is 2. The molecule has 7 nitrogen and oxygen atoms in total. The van der Waals surface area contributed by atoms with Crippen molar-refractivity contribution in [3.05, 3.63) is 67.5 Å². The fourth-order valence-electron chi connectivity index (χ4n) is 4.39. The predicted octanol–water partition coefficient (Wildman–Crippen LogP) is 4.20. The summed E-state index contributed by atoms with van der Waals surface area (Å²) in [5, 5.41) is 21.3. The van der Waals surface area contributed by atoms with Crippen LogP contribution in [0.2, 0.25) is 0 Å². The fourth-order valence-corrected chi connectivity index (χ4v) is 5.20. The van der Waals surface area contributed by atoms with Gasteiger partial charge in [-0.3, -0.25) is 14.4 Å². The lowest BCUT2D eigenvalue weighted by molar-refractivity contribution is -0.123. The Balaban J connectivity index is 1.72. The van der Waals surface area contributed by atoms with Crippen LogP contribution in [0.15, 0.2) is 41.1 Å². The molecule has 1 aliphatic carbocycles. The van der Waals surface area contributed by atoms with Gasteiger partial charge in [0.05, 0.1) is 5.56 Å². The zero-order chi connectivity index (χ0) is 23.1. The molecule has 3 aliphatic rings. The number of aryl methyl sites for hydroxylation is 1. The zero-order valence-electron chi connectivity index (χ0n) is 17.7. The molecule has 0 amide bonds. The van der Waals surface area contributed by atoms with Crippen LogP contribution >= 0.6 is 11.3 Å². The third-order valence-electron chi connectivity index (χ3n) is 6.07. The zero-order valence-corrected chi connectivity index (χ0v) is 18.5. The van der Waals surface area contributed by atoms with Gasteiger partial charge < -0.3 is 19.7 Å². The molecule has 1 aromatic carbocycles. The van der Waals surface area contributed by atoms with Crippen molar-refractivity contribution in [2.24, 2.45) is 0 Å². The first kappa shape index (κ1) is 20.3. The lowest BCUT2D eigenvalue weighted by Crippen LogP contribution is -2.38. The first-order valence-electron chi connectivity index (χ1n) is 9.85. The van der Waals surface area contributed by atoms with E-state index in [2.05, 4.69) is 0 Å². The molecule has 162 valence electrons. The second-order valence-corrected chi connectivity index (χ2v) is 9.47. The molecule has 8 heteroatoms. The van der Waals surface area contributed by atoms with Gasteiger partial charge in [-0.2, -0.15) is 0 Å². The lowest BCUT2D eigenvalue weighted by Gasteiger charge is -2.27. The van der Waals surface area contributed by atoms with Crippen molar-refractivity contribution in [3.63, 3.8) is 0 Å². The minimum Gasteiger partial charge on any atom is -0.507 e. The van der Waals surface area contributed by atoms with Gasteiger partial charge in [-0.1, -0.05) is 0 Å². The quantitative estimate of drug-likeness (QED) is 0.521. The number of aromatic hydroxyl groups is 1. The number of aliphatic hydroxyl groups excluding tert-OH is 1. The van der Waals surface area contributed by atoms with Gasteiger partial charge in [0.1, 0.15) is 39.6 Å².